The van der Waals surface area contributed by atoms with Gasteiger partial charge in [0.05, 0.1) is 12.2 Å². The molecule has 0 aliphatic rings. The van der Waals surface area contributed by atoms with E-state index in [0.717, 1.165) is 10.8 Å². The summed E-state index contributed by atoms with van der Waals surface area (Å²) in [6, 6.07) is 12.5. The summed E-state index contributed by atoms with van der Waals surface area (Å²) < 4.78 is 12.4. The summed E-state index contributed by atoms with van der Waals surface area (Å²) in [6.45, 7) is 0.973. The summed E-state index contributed by atoms with van der Waals surface area (Å²) in [5, 5.41) is 4.67. The van der Waals surface area contributed by atoms with Crippen molar-refractivity contribution in [3.63, 3.8) is 0 Å². The molecule has 11 heteroatoms. The molecule has 0 unspecified atom stereocenters. The van der Waals surface area contributed by atoms with Crippen LogP contribution >= 0.6 is 15.9 Å². The van der Waals surface area contributed by atoms with Crippen molar-refractivity contribution in [1.82, 2.24) is 24.8 Å². The van der Waals surface area contributed by atoms with Crippen LogP contribution < -0.4 is 15.8 Å². The lowest BCUT2D eigenvalue weighted by molar-refractivity contribution is 0.0787. The summed E-state index contributed by atoms with van der Waals surface area (Å²) in [4.78, 5) is 32.2. The maximum Gasteiger partial charge on any atom is 0.253 e. The minimum absolute atomic E-state index is 0.114. The molecular weight excluding hydrogens is 538 g/mol. The molecule has 37 heavy (non-hydrogen) atoms. The van der Waals surface area contributed by atoms with Crippen molar-refractivity contribution in [2.45, 2.75) is 6.42 Å². The zero-order chi connectivity index (χ0) is 25.9. The lowest BCUT2D eigenvalue weighted by Gasteiger charge is -2.17. The Morgan fingerprint density at radius 3 is 2.81 bits per heavy atom. The van der Waals surface area contributed by atoms with Gasteiger partial charge in [-0.15, -0.1) is 0 Å². The van der Waals surface area contributed by atoms with Gasteiger partial charge in [0.2, 0.25) is 11.8 Å². The Morgan fingerprint density at radius 1 is 1.14 bits per heavy atom. The fourth-order valence-corrected chi connectivity index (χ4v) is 4.29. The van der Waals surface area contributed by atoms with Gasteiger partial charge in [-0.2, -0.15) is 0 Å². The monoisotopic (exact) mass is 561 g/mol. The van der Waals surface area contributed by atoms with Gasteiger partial charge in [0.1, 0.15) is 21.8 Å². The summed E-state index contributed by atoms with van der Waals surface area (Å²) >= 11 is 3.32. The van der Waals surface area contributed by atoms with E-state index in [9.17, 15) is 4.79 Å². The molecular formula is C26H24BrN7O3. The van der Waals surface area contributed by atoms with E-state index < -0.39 is 0 Å². The summed E-state index contributed by atoms with van der Waals surface area (Å²) in [5.74, 6) is 1.87. The van der Waals surface area contributed by atoms with Crippen LogP contribution in [-0.2, 0) is 0 Å². The first-order valence-corrected chi connectivity index (χ1v) is 12.4. The number of hydrogen-bond donors (Lipinski definition) is 2. The van der Waals surface area contributed by atoms with E-state index in [-0.39, 0.29) is 5.91 Å². The van der Waals surface area contributed by atoms with Gasteiger partial charge in [0.25, 0.3) is 5.91 Å². The number of fused-ring (bicyclic) bond motifs is 2. The number of anilines is 2. The molecule has 0 saturated carbocycles. The minimum atomic E-state index is -0.114. The number of ether oxygens (including phenoxy) is 1. The molecule has 0 aliphatic heterocycles. The third kappa shape index (κ3) is 5.17. The van der Waals surface area contributed by atoms with Crippen LogP contribution in [0.5, 0.6) is 5.88 Å². The Balaban J connectivity index is 1.32. The number of amides is 1. The molecule has 0 bridgehead atoms. The first-order valence-electron chi connectivity index (χ1n) is 11.6. The van der Waals surface area contributed by atoms with Gasteiger partial charge in [-0.05, 0) is 52.7 Å². The minimum Gasteiger partial charge on any atom is -0.478 e. The van der Waals surface area contributed by atoms with Gasteiger partial charge in [-0.1, -0.05) is 6.07 Å². The number of nitrogens with zero attached hydrogens (tertiary/aromatic N) is 5. The fourth-order valence-electron chi connectivity index (χ4n) is 3.97. The number of nitrogens with two attached hydrogens (primary N) is 1. The van der Waals surface area contributed by atoms with Gasteiger partial charge in [-0.25, -0.2) is 19.9 Å². The predicted octanol–water partition coefficient (Wildman–Crippen LogP) is 4.76. The lowest BCUT2D eigenvalue weighted by atomic mass is 10.1. The van der Waals surface area contributed by atoms with Crippen molar-refractivity contribution in [3.8, 4) is 17.3 Å². The highest BCUT2D eigenvalue weighted by atomic mass is 79.9. The highest BCUT2D eigenvalue weighted by molar-refractivity contribution is 9.10. The van der Waals surface area contributed by atoms with Crippen LogP contribution in [0.1, 0.15) is 16.8 Å². The summed E-state index contributed by atoms with van der Waals surface area (Å²) in [5.41, 5.74) is 8.29. The van der Waals surface area contributed by atoms with E-state index in [2.05, 4.69) is 41.2 Å². The topological polar surface area (TPSA) is 132 Å². The SMILES string of the molecule is CNc1ncc(-c2nc3cc(C(=O)N(C)CCCOc4cccc(Br)n4)ccc3o2)c2cc(N)ncc12. The van der Waals surface area contributed by atoms with E-state index in [1.54, 1.807) is 61.7 Å². The van der Waals surface area contributed by atoms with Gasteiger partial charge < -0.3 is 25.1 Å². The van der Waals surface area contributed by atoms with Gasteiger partial charge in [-0.3, -0.25) is 4.79 Å². The molecule has 0 fully saturated rings. The van der Waals surface area contributed by atoms with Crippen LogP contribution in [-0.4, -0.2) is 58.0 Å². The molecule has 5 aromatic rings. The third-order valence-corrected chi connectivity index (χ3v) is 6.26. The number of benzene rings is 1. The molecule has 0 saturated heterocycles. The van der Waals surface area contributed by atoms with Crippen molar-refractivity contribution in [1.29, 1.82) is 0 Å². The Bertz CT molecular complexity index is 1600. The molecule has 0 aliphatic carbocycles. The first-order chi connectivity index (χ1) is 17.9. The maximum atomic E-state index is 13.0. The van der Waals surface area contributed by atoms with Gasteiger partial charge in [0, 0.05) is 55.4 Å². The van der Waals surface area contributed by atoms with Crippen molar-refractivity contribution >= 4 is 55.3 Å². The Morgan fingerprint density at radius 2 is 2.00 bits per heavy atom. The molecule has 3 N–H and O–H groups in total. The molecule has 10 nitrogen and oxygen atoms in total. The van der Waals surface area contributed by atoms with E-state index in [1.807, 2.05) is 12.1 Å². The molecule has 1 aromatic carbocycles. The molecule has 188 valence electrons. The van der Waals surface area contributed by atoms with Crippen molar-refractivity contribution < 1.29 is 13.9 Å². The second-order valence-electron chi connectivity index (χ2n) is 8.35. The first kappa shape index (κ1) is 24.4. The van der Waals surface area contributed by atoms with Crippen LogP contribution in [0.4, 0.5) is 11.6 Å². The average molecular weight is 562 g/mol. The largest absolute Gasteiger partial charge is 0.478 e. The second kappa shape index (κ2) is 10.4. The van der Waals surface area contributed by atoms with Crippen LogP contribution in [0.15, 0.2) is 63.9 Å². The molecule has 4 aromatic heterocycles. The zero-order valence-corrected chi connectivity index (χ0v) is 21.8. The number of oxazole rings is 1. The third-order valence-electron chi connectivity index (χ3n) is 5.82. The maximum absolute atomic E-state index is 13.0. The summed E-state index contributed by atoms with van der Waals surface area (Å²) in [6.07, 6.45) is 4.01. The molecule has 4 heterocycles. The average Bonchev–Trinajstić information content (AvgIpc) is 3.33. The van der Waals surface area contributed by atoms with Gasteiger partial charge in [0.15, 0.2) is 5.58 Å². The number of nitrogens with one attached hydrogen (secondary N) is 1. The Hall–Kier alpha value is -4.25. The highest BCUT2D eigenvalue weighted by Gasteiger charge is 2.18. The van der Waals surface area contributed by atoms with Crippen LogP contribution in [0.25, 0.3) is 33.3 Å². The van der Waals surface area contributed by atoms with Crippen LogP contribution in [0, 0.1) is 0 Å². The van der Waals surface area contributed by atoms with Crippen molar-refractivity contribution in [2.75, 3.05) is 38.3 Å². The second-order valence-corrected chi connectivity index (χ2v) is 9.17. The van der Waals surface area contributed by atoms with E-state index in [4.69, 9.17) is 14.9 Å². The van der Waals surface area contributed by atoms with Crippen molar-refractivity contribution in [2.24, 2.45) is 0 Å². The van der Waals surface area contributed by atoms with Crippen LogP contribution in [0.3, 0.4) is 0 Å². The number of aromatic nitrogens is 4. The number of carbonyl (C=O) groups is 1. The van der Waals surface area contributed by atoms with E-state index in [0.29, 0.717) is 69.8 Å². The summed E-state index contributed by atoms with van der Waals surface area (Å²) in [7, 11) is 3.55. The van der Waals surface area contributed by atoms with E-state index >= 15 is 0 Å². The van der Waals surface area contributed by atoms with Gasteiger partial charge >= 0.3 is 0 Å². The Labute approximate surface area is 221 Å². The number of pyridine rings is 3. The number of hydrogen-bond acceptors (Lipinski definition) is 9. The normalized spacial score (nSPS) is 11.1. The number of halogens is 1. The smallest absolute Gasteiger partial charge is 0.253 e. The molecule has 0 radical (unpaired) electrons. The predicted molar refractivity (Wildman–Crippen MR) is 146 cm³/mol. The zero-order valence-electron chi connectivity index (χ0n) is 20.2. The fraction of sp³-hybridized carbons (Fsp3) is 0.192. The quantitative estimate of drug-likeness (QED) is 0.203. The number of carbonyl (C=O) groups excluding carboxylic acids is 1. The standard InChI is InChI=1S/C26H24BrN7O3/c1-29-24-17-13-30-22(28)12-16(17)18(14-31-24)25-32-19-11-15(7-8-20(19)37-25)26(35)34(2)9-4-10-36-23-6-3-5-21(27)33-23/h3,5-8,11-14H,4,9-10H2,1-2H3,(H2,28,30)(H,29,31). The Kier molecular flexibility index (Phi) is 6.87. The molecule has 5 rings (SSSR count). The molecule has 0 atom stereocenters. The van der Waals surface area contributed by atoms with Crippen molar-refractivity contribution in [3.05, 3.63) is 65.0 Å². The highest BCUT2D eigenvalue weighted by Crippen LogP contribution is 2.33. The number of rotatable bonds is 8. The van der Waals surface area contributed by atoms with Crippen LogP contribution in [0.2, 0.25) is 0 Å². The molecule has 1 amide bonds. The van der Waals surface area contributed by atoms with E-state index in [1.165, 1.54) is 0 Å². The lowest BCUT2D eigenvalue weighted by Crippen LogP contribution is -2.28. The number of nitrogen functional groups attached to an aromatic ring is 1. The molecule has 0 spiro atoms.